The van der Waals surface area contributed by atoms with Crippen molar-refractivity contribution < 1.29 is 14.2 Å². The normalized spacial score (nSPS) is 10.7. The quantitative estimate of drug-likeness (QED) is 0.315. The highest BCUT2D eigenvalue weighted by atomic mass is 16.5. The standard InChI is InChI=1S/C12H18O3/c1-3-7-13-9-5-11-15-12-6-10-14-8-4-2/h3-6,9-10H,1-2,7-8,11-12H2. The first-order chi connectivity index (χ1) is 7.41. The second-order valence-electron chi connectivity index (χ2n) is 2.53. The van der Waals surface area contributed by atoms with E-state index in [-0.39, 0.29) is 0 Å². The fourth-order valence-corrected chi connectivity index (χ4v) is 0.666. The highest BCUT2D eigenvalue weighted by molar-refractivity contribution is 4.78. The third-order valence-electron chi connectivity index (χ3n) is 1.24. The maximum atomic E-state index is 5.21. The Morgan fingerprint density at radius 1 is 0.733 bits per heavy atom. The lowest BCUT2D eigenvalue weighted by atomic mass is 10.6. The van der Waals surface area contributed by atoms with Gasteiger partial charge in [0.25, 0.3) is 0 Å². The zero-order valence-electron chi connectivity index (χ0n) is 8.93. The lowest BCUT2D eigenvalue weighted by molar-refractivity contribution is 0.185. The molecule has 84 valence electrons. The molecule has 0 fully saturated rings. The molecule has 0 amide bonds. The van der Waals surface area contributed by atoms with Crippen molar-refractivity contribution in [2.75, 3.05) is 26.4 Å². The lowest BCUT2D eigenvalue weighted by Crippen LogP contribution is -1.91. The van der Waals surface area contributed by atoms with Gasteiger partial charge in [0.05, 0.1) is 25.7 Å². The molecule has 0 bridgehead atoms. The van der Waals surface area contributed by atoms with Gasteiger partial charge in [-0.15, -0.1) is 0 Å². The van der Waals surface area contributed by atoms with Crippen LogP contribution in [0, 0.1) is 0 Å². The number of ether oxygens (including phenoxy) is 3. The lowest BCUT2D eigenvalue weighted by Gasteiger charge is -1.96. The summed E-state index contributed by atoms with van der Waals surface area (Å²) in [7, 11) is 0. The molecule has 0 rings (SSSR count). The van der Waals surface area contributed by atoms with E-state index in [4.69, 9.17) is 14.2 Å². The number of hydrogen-bond acceptors (Lipinski definition) is 3. The molecule has 15 heavy (non-hydrogen) atoms. The van der Waals surface area contributed by atoms with Gasteiger partial charge in [-0.3, -0.25) is 0 Å². The molecular weight excluding hydrogens is 192 g/mol. The molecular formula is C12H18O3. The van der Waals surface area contributed by atoms with Crippen LogP contribution in [0.4, 0.5) is 0 Å². The van der Waals surface area contributed by atoms with Crippen LogP contribution < -0.4 is 0 Å². The van der Waals surface area contributed by atoms with E-state index in [1.807, 2.05) is 0 Å². The van der Waals surface area contributed by atoms with Crippen LogP contribution in [0.15, 0.2) is 50.0 Å². The molecule has 0 aromatic carbocycles. The predicted molar refractivity (Wildman–Crippen MR) is 61.4 cm³/mol. The second-order valence-corrected chi connectivity index (χ2v) is 2.53. The minimum absolute atomic E-state index is 0.517. The Hall–Kier alpha value is -1.48. The van der Waals surface area contributed by atoms with Gasteiger partial charge in [-0.25, -0.2) is 0 Å². The Morgan fingerprint density at radius 2 is 1.20 bits per heavy atom. The molecule has 3 heteroatoms. The molecule has 3 nitrogen and oxygen atoms in total. The van der Waals surface area contributed by atoms with Crippen molar-refractivity contribution in [1.82, 2.24) is 0 Å². The van der Waals surface area contributed by atoms with Gasteiger partial charge >= 0.3 is 0 Å². The van der Waals surface area contributed by atoms with Crippen LogP contribution in [-0.4, -0.2) is 26.4 Å². The molecule has 0 heterocycles. The second kappa shape index (κ2) is 12.5. The molecule has 0 unspecified atom stereocenters. The first-order valence-corrected chi connectivity index (χ1v) is 4.74. The van der Waals surface area contributed by atoms with Crippen molar-refractivity contribution in [1.29, 1.82) is 0 Å². The molecule has 0 aliphatic carbocycles. The molecule has 0 atom stereocenters. The number of hydrogen-bond donors (Lipinski definition) is 0. The van der Waals surface area contributed by atoms with Gasteiger partial charge < -0.3 is 14.2 Å². The van der Waals surface area contributed by atoms with E-state index < -0.39 is 0 Å². The summed E-state index contributed by atoms with van der Waals surface area (Å²) in [4.78, 5) is 0. The Labute approximate surface area is 91.3 Å². The largest absolute Gasteiger partial charge is 0.497 e. The van der Waals surface area contributed by atoms with Gasteiger partial charge in [0.1, 0.15) is 13.2 Å². The molecule has 0 aliphatic rings. The Morgan fingerprint density at radius 3 is 1.60 bits per heavy atom. The Balaban J connectivity index is 3.16. The van der Waals surface area contributed by atoms with Gasteiger partial charge in [-0.05, 0) is 12.2 Å². The zero-order valence-corrected chi connectivity index (χ0v) is 8.93. The summed E-state index contributed by atoms with van der Waals surface area (Å²) in [6, 6.07) is 0. The van der Waals surface area contributed by atoms with Crippen molar-refractivity contribution in [3.8, 4) is 0 Å². The monoisotopic (exact) mass is 210 g/mol. The van der Waals surface area contributed by atoms with Crippen molar-refractivity contribution in [2.45, 2.75) is 0 Å². The maximum absolute atomic E-state index is 5.21. The van der Waals surface area contributed by atoms with E-state index in [1.54, 1.807) is 36.8 Å². The summed E-state index contributed by atoms with van der Waals surface area (Å²) in [5.74, 6) is 0. The van der Waals surface area contributed by atoms with Gasteiger partial charge in [0.15, 0.2) is 0 Å². The summed E-state index contributed by atoms with van der Waals surface area (Å²) in [5.41, 5.74) is 0. The van der Waals surface area contributed by atoms with Crippen LogP contribution in [0.25, 0.3) is 0 Å². The van der Waals surface area contributed by atoms with Crippen molar-refractivity contribution >= 4 is 0 Å². The minimum Gasteiger partial charge on any atom is -0.497 e. The Bertz CT molecular complexity index is 185. The molecule has 0 aromatic rings. The molecule has 0 aromatic heterocycles. The highest BCUT2D eigenvalue weighted by Gasteiger charge is 1.79. The van der Waals surface area contributed by atoms with E-state index in [1.165, 1.54) is 0 Å². The van der Waals surface area contributed by atoms with Gasteiger partial charge in [0, 0.05) is 0 Å². The highest BCUT2D eigenvalue weighted by Crippen LogP contribution is 1.84. The van der Waals surface area contributed by atoms with Crippen LogP contribution in [0.5, 0.6) is 0 Å². The first kappa shape index (κ1) is 13.5. The van der Waals surface area contributed by atoms with Crippen molar-refractivity contribution in [3.63, 3.8) is 0 Å². The van der Waals surface area contributed by atoms with Crippen LogP contribution in [0.2, 0.25) is 0 Å². The SMILES string of the molecule is C=CCOC=CCOCC=COCC=C. The van der Waals surface area contributed by atoms with Crippen LogP contribution in [0.3, 0.4) is 0 Å². The predicted octanol–water partition coefficient (Wildman–Crippen LogP) is 2.44. The molecule has 0 N–H and O–H groups in total. The van der Waals surface area contributed by atoms with E-state index >= 15 is 0 Å². The van der Waals surface area contributed by atoms with Crippen LogP contribution >= 0.6 is 0 Å². The third-order valence-corrected chi connectivity index (χ3v) is 1.24. The van der Waals surface area contributed by atoms with Crippen molar-refractivity contribution in [2.24, 2.45) is 0 Å². The van der Waals surface area contributed by atoms with Crippen LogP contribution in [-0.2, 0) is 14.2 Å². The van der Waals surface area contributed by atoms with E-state index in [2.05, 4.69) is 13.2 Å². The zero-order chi connectivity index (χ0) is 11.2. The number of rotatable bonds is 10. The molecule has 0 radical (unpaired) electrons. The van der Waals surface area contributed by atoms with Gasteiger partial charge in [-0.1, -0.05) is 25.3 Å². The maximum Gasteiger partial charge on any atom is 0.105 e. The summed E-state index contributed by atoms with van der Waals surface area (Å²) in [5, 5.41) is 0. The Kier molecular flexibility index (Phi) is 11.3. The molecule has 0 aliphatic heterocycles. The summed E-state index contributed by atoms with van der Waals surface area (Å²) in [6.45, 7) is 9.12. The molecule has 0 saturated carbocycles. The summed E-state index contributed by atoms with van der Waals surface area (Å²) < 4.78 is 15.2. The first-order valence-electron chi connectivity index (χ1n) is 4.74. The van der Waals surface area contributed by atoms with E-state index in [9.17, 15) is 0 Å². The average molecular weight is 210 g/mol. The summed E-state index contributed by atoms with van der Waals surface area (Å²) in [6.07, 6.45) is 10.2. The van der Waals surface area contributed by atoms with Gasteiger partial charge in [0.2, 0.25) is 0 Å². The minimum atomic E-state index is 0.517. The van der Waals surface area contributed by atoms with Gasteiger partial charge in [-0.2, -0.15) is 0 Å². The van der Waals surface area contributed by atoms with E-state index in [0.29, 0.717) is 26.4 Å². The smallest absolute Gasteiger partial charge is 0.105 e. The van der Waals surface area contributed by atoms with Crippen molar-refractivity contribution in [3.05, 3.63) is 50.0 Å². The third kappa shape index (κ3) is 12.5. The molecule has 0 spiro atoms. The average Bonchev–Trinajstić information content (AvgIpc) is 2.26. The topological polar surface area (TPSA) is 27.7 Å². The molecule has 0 saturated heterocycles. The summed E-state index contributed by atoms with van der Waals surface area (Å²) >= 11 is 0. The fourth-order valence-electron chi connectivity index (χ4n) is 0.666. The van der Waals surface area contributed by atoms with E-state index in [0.717, 1.165) is 0 Å². The fraction of sp³-hybridized carbons (Fsp3) is 0.333. The van der Waals surface area contributed by atoms with Crippen LogP contribution in [0.1, 0.15) is 0 Å².